The summed E-state index contributed by atoms with van der Waals surface area (Å²) in [4.78, 5) is 0. The van der Waals surface area contributed by atoms with Crippen molar-refractivity contribution in [1.29, 1.82) is 0 Å². The van der Waals surface area contributed by atoms with E-state index in [9.17, 15) is 0 Å². The van der Waals surface area contributed by atoms with Gasteiger partial charge in [-0.25, -0.2) is 0 Å². The summed E-state index contributed by atoms with van der Waals surface area (Å²) in [7, 11) is 0. The average Bonchev–Trinajstić information content (AvgIpc) is 2.61. The summed E-state index contributed by atoms with van der Waals surface area (Å²) in [6.45, 7) is 6.59. The van der Waals surface area contributed by atoms with E-state index in [-0.39, 0.29) is 6.10 Å². The highest BCUT2D eigenvalue weighted by molar-refractivity contribution is 5.85. The second-order valence-corrected chi connectivity index (χ2v) is 6.21. The van der Waals surface area contributed by atoms with Crippen LogP contribution in [0.5, 0.6) is 5.75 Å². The summed E-state index contributed by atoms with van der Waals surface area (Å²) in [6.07, 6.45) is 1.18. The molecule has 0 aliphatic heterocycles. The number of rotatable bonds is 5. The van der Waals surface area contributed by atoms with E-state index in [1.165, 1.54) is 21.9 Å². The highest BCUT2D eigenvalue weighted by atomic mass is 16.5. The molecule has 3 aromatic carbocycles. The van der Waals surface area contributed by atoms with Crippen LogP contribution in [-0.2, 0) is 0 Å². The first-order valence-corrected chi connectivity index (χ1v) is 8.43. The van der Waals surface area contributed by atoms with E-state index in [0.717, 1.165) is 12.2 Å². The Morgan fingerprint density at radius 1 is 0.826 bits per heavy atom. The van der Waals surface area contributed by atoms with Crippen LogP contribution < -0.4 is 4.74 Å². The van der Waals surface area contributed by atoms with Gasteiger partial charge in [-0.3, -0.25) is 0 Å². The zero-order valence-electron chi connectivity index (χ0n) is 14.1. The zero-order chi connectivity index (χ0) is 16.2. The molecule has 3 aromatic rings. The Bertz CT molecular complexity index is 768. The van der Waals surface area contributed by atoms with Gasteiger partial charge in [-0.15, -0.1) is 0 Å². The fourth-order valence-electron chi connectivity index (χ4n) is 2.98. The molecule has 2 atom stereocenters. The summed E-state index contributed by atoms with van der Waals surface area (Å²) in [5, 5.41) is 2.52. The lowest BCUT2D eigenvalue weighted by Gasteiger charge is -2.18. The number of hydrogen-bond acceptors (Lipinski definition) is 1. The predicted octanol–water partition coefficient (Wildman–Crippen LogP) is 6.49. The molecule has 118 valence electrons. The molecule has 0 aliphatic rings. The smallest absolute Gasteiger partial charge is 0.122 e. The zero-order valence-corrected chi connectivity index (χ0v) is 14.1. The second-order valence-electron chi connectivity index (χ2n) is 6.21. The fraction of sp³-hybridized carbons (Fsp3) is 0.273. The molecule has 0 fully saturated rings. The van der Waals surface area contributed by atoms with Crippen molar-refractivity contribution in [2.45, 2.75) is 39.2 Å². The number of fused-ring (bicyclic) bond motifs is 1. The fourth-order valence-corrected chi connectivity index (χ4v) is 2.98. The summed E-state index contributed by atoms with van der Waals surface area (Å²) in [6, 6.07) is 23.4. The molecule has 0 aromatic heterocycles. The molecular formula is C22H24O. The lowest BCUT2D eigenvalue weighted by molar-refractivity contribution is 0.228. The van der Waals surface area contributed by atoms with Crippen LogP contribution in [0.2, 0.25) is 0 Å². The number of benzene rings is 3. The van der Waals surface area contributed by atoms with Gasteiger partial charge in [-0.1, -0.05) is 68.4 Å². The molecule has 0 aliphatic carbocycles. The standard InChI is InChI=1S/C22H24O/c1-4-16(2)18-12-14-20(15-13-18)23-17(3)21-11-7-9-19-8-5-6-10-22(19)21/h5-17H,4H2,1-3H3. The second kappa shape index (κ2) is 6.87. The van der Waals surface area contributed by atoms with Gasteiger partial charge >= 0.3 is 0 Å². The van der Waals surface area contributed by atoms with E-state index in [0.29, 0.717) is 5.92 Å². The van der Waals surface area contributed by atoms with Crippen LogP contribution in [0.3, 0.4) is 0 Å². The maximum Gasteiger partial charge on any atom is 0.122 e. The molecule has 0 N–H and O–H groups in total. The molecule has 0 saturated heterocycles. The van der Waals surface area contributed by atoms with E-state index in [2.05, 4.69) is 87.5 Å². The van der Waals surface area contributed by atoms with E-state index in [1.54, 1.807) is 0 Å². The van der Waals surface area contributed by atoms with Crippen molar-refractivity contribution < 1.29 is 4.74 Å². The summed E-state index contributed by atoms with van der Waals surface area (Å²) >= 11 is 0. The van der Waals surface area contributed by atoms with Gasteiger partial charge in [0.25, 0.3) is 0 Å². The quantitative estimate of drug-likeness (QED) is 0.523. The number of hydrogen-bond donors (Lipinski definition) is 0. The van der Waals surface area contributed by atoms with Crippen LogP contribution in [-0.4, -0.2) is 0 Å². The van der Waals surface area contributed by atoms with Crippen LogP contribution in [0.1, 0.15) is 50.3 Å². The monoisotopic (exact) mass is 304 g/mol. The van der Waals surface area contributed by atoms with Gasteiger partial charge in [0.2, 0.25) is 0 Å². The van der Waals surface area contributed by atoms with Crippen LogP contribution in [0.15, 0.2) is 66.7 Å². The molecule has 1 heteroatoms. The van der Waals surface area contributed by atoms with Crippen LogP contribution in [0.25, 0.3) is 10.8 Å². The molecule has 23 heavy (non-hydrogen) atoms. The van der Waals surface area contributed by atoms with Gasteiger partial charge in [-0.05, 0) is 53.3 Å². The van der Waals surface area contributed by atoms with Crippen molar-refractivity contribution in [2.75, 3.05) is 0 Å². The molecule has 0 bridgehead atoms. The van der Waals surface area contributed by atoms with Crippen LogP contribution >= 0.6 is 0 Å². The molecule has 0 amide bonds. The minimum Gasteiger partial charge on any atom is -0.486 e. The first-order valence-electron chi connectivity index (χ1n) is 8.43. The first-order chi connectivity index (χ1) is 11.2. The highest BCUT2D eigenvalue weighted by Crippen LogP contribution is 2.29. The van der Waals surface area contributed by atoms with Crippen molar-refractivity contribution in [3.63, 3.8) is 0 Å². The Balaban J connectivity index is 1.82. The maximum atomic E-state index is 6.18. The van der Waals surface area contributed by atoms with Crippen LogP contribution in [0, 0.1) is 0 Å². The molecule has 0 spiro atoms. The van der Waals surface area contributed by atoms with Crippen molar-refractivity contribution in [3.8, 4) is 5.75 Å². The SMILES string of the molecule is CCC(C)c1ccc(OC(C)c2cccc3ccccc23)cc1. The van der Waals surface area contributed by atoms with Gasteiger partial charge in [-0.2, -0.15) is 0 Å². The Hall–Kier alpha value is -2.28. The predicted molar refractivity (Wildman–Crippen MR) is 98.1 cm³/mol. The van der Waals surface area contributed by atoms with E-state index in [1.807, 2.05) is 0 Å². The molecule has 0 heterocycles. The summed E-state index contributed by atoms with van der Waals surface area (Å²) in [5.74, 6) is 1.53. The molecule has 3 rings (SSSR count). The first kappa shape index (κ1) is 15.6. The van der Waals surface area contributed by atoms with E-state index >= 15 is 0 Å². The van der Waals surface area contributed by atoms with Crippen molar-refractivity contribution in [2.24, 2.45) is 0 Å². The molecule has 0 radical (unpaired) electrons. The Morgan fingerprint density at radius 3 is 2.26 bits per heavy atom. The molecule has 0 saturated carbocycles. The van der Waals surface area contributed by atoms with Crippen LogP contribution in [0.4, 0.5) is 0 Å². The molecule has 2 unspecified atom stereocenters. The summed E-state index contributed by atoms with van der Waals surface area (Å²) < 4.78 is 6.18. The average molecular weight is 304 g/mol. The third kappa shape index (κ3) is 3.39. The topological polar surface area (TPSA) is 9.23 Å². The van der Waals surface area contributed by atoms with Gasteiger partial charge in [0.1, 0.15) is 11.9 Å². The van der Waals surface area contributed by atoms with E-state index in [4.69, 9.17) is 4.74 Å². The van der Waals surface area contributed by atoms with Crippen molar-refractivity contribution in [1.82, 2.24) is 0 Å². The summed E-state index contributed by atoms with van der Waals surface area (Å²) in [5.41, 5.74) is 2.60. The normalized spacial score (nSPS) is 13.7. The lowest BCUT2D eigenvalue weighted by atomic mass is 9.99. The minimum absolute atomic E-state index is 0.0237. The van der Waals surface area contributed by atoms with Gasteiger partial charge in [0.15, 0.2) is 0 Å². The maximum absolute atomic E-state index is 6.18. The lowest BCUT2D eigenvalue weighted by Crippen LogP contribution is -2.04. The van der Waals surface area contributed by atoms with E-state index < -0.39 is 0 Å². The molecular weight excluding hydrogens is 280 g/mol. The third-order valence-electron chi connectivity index (χ3n) is 4.64. The van der Waals surface area contributed by atoms with Gasteiger partial charge in [0.05, 0.1) is 0 Å². The van der Waals surface area contributed by atoms with Gasteiger partial charge < -0.3 is 4.74 Å². The third-order valence-corrected chi connectivity index (χ3v) is 4.64. The molecule has 1 nitrogen and oxygen atoms in total. The number of ether oxygens (including phenoxy) is 1. The Morgan fingerprint density at radius 2 is 1.52 bits per heavy atom. The largest absolute Gasteiger partial charge is 0.486 e. The Kier molecular flexibility index (Phi) is 4.66. The Labute approximate surface area is 138 Å². The van der Waals surface area contributed by atoms with Gasteiger partial charge in [0, 0.05) is 0 Å². The van der Waals surface area contributed by atoms with Crippen molar-refractivity contribution in [3.05, 3.63) is 77.9 Å². The minimum atomic E-state index is 0.0237. The van der Waals surface area contributed by atoms with Crippen molar-refractivity contribution >= 4 is 10.8 Å². The highest BCUT2D eigenvalue weighted by Gasteiger charge is 2.11.